The molecule has 2 aliphatic carbocycles. The molecule has 22 heavy (non-hydrogen) atoms. The highest BCUT2D eigenvalue weighted by atomic mass is 16.1. The topological polar surface area (TPSA) is 86.2 Å². The van der Waals surface area contributed by atoms with Crippen LogP contribution in [-0.4, -0.2) is 11.8 Å². The zero-order valence-corrected chi connectivity index (χ0v) is 13.9. The SMILES string of the molecule is CC[C@@H]1CC(CC[C@@H]2CCCC(C(N)=O)C2)C[C@H](C(N)=O)C1. The first-order valence-electron chi connectivity index (χ1n) is 9.08. The number of nitrogens with two attached hydrogens (primary N) is 2. The molecule has 0 aromatic rings. The Kier molecular flexibility index (Phi) is 6.27. The third kappa shape index (κ3) is 4.72. The van der Waals surface area contributed by atoms with Gasteiger partial charge in [-0.3, -0.25) is 9.59 Å². The van der Waals surface area contributed by atoms with Gasteiger partial charge in [-0.2, -0.15) is 0 Å². The Labute approximate surface area is 134 Å². The van der Waals surface area contributed by atoms with Gasteiger partial charge in [0, 0.05) is 11.8 Å². The van der Waals surface area contributed by atoms with Crippen molar-refractivity contribution in [3.05, 3.63) is 0 Å². The van der Waals surface area contributed by atoms with E-state index < -0.39 is 0 Å². The van der Waals surface area contributed by atoms with E-state index in [9.17, 15) is 9.59 Å². The number of hydrogen-bond donors (Lipinski definition) is 2. The second kappa shape index (κ2) is 7.98. The monoisotopic (exact) mass is 308 g/mol. The van der Waals surface area contributed by atoms with Gasteiger partial charge in [-0.05, 0) is 49.9 Å². The van der Waals surface area contributed by atoms with Gasteiger partial charge >= 0.3 is 0 Å². The maximum atomic E-state index is 11.6. The van der Waals surface area contributed by atoms with Crippen molar-refractivity contribution in [2.45, 2.75) is 71.1 Å². The van der Waals surface area contributed by atoms with Crippen molar-refractivity contribution in [2.75, 3.05) is 0 Å². The van der Waals surface area contributed by atoms with Gasteiger partial charge in [-0.15, -0.1) is 0 Å². The third-order valence-electron chi connectivity index (χ3n) is 6.05. The molecule has 0 spiro atoms. The molecule has 0 heterocycles. The van der Waals surface area contributed by atoms with E-state index in [1.807, 2.05) is 0 Å². The van der Waals surface area contributed by atoms with E-state index in [0.717, 1.165) is 38.5 Å². The van der Waals surface area contributed by atoms with Crippen molar-refractivity contribution in [1.29, 1.82) is 0 Å². The maximum Gasteiger partial charge on any atom is 0.220 e. The number of primary amides is 2. The van der Waals surface area contributed by atoms with Gasteiger partial charge in [0.2, 0.25) is 11.8 Å². The fourth-order valence-electron chi connectivity index (χ4n) is 4.65. The minimum Gasteiger partial charge on any atom is -0.369 e. The van der Waals surface area contributed by atoms with Crippen LogP contribution in [0.4, 0.5) is 0 Å². The molecule has 5 atom stereocenters. The van der Waals surface area contributed by atoms with Gasteiger partial charge in [0.05, 0.1) is 0 Å². The van der Waals surface area contributed by atoms with Crippen LogP contribution in [0.2, 0.25) is 0 Å². The Morgan fingerprint density at radius 2 is 1.41 bits per heavy atom. The molecular formula is C18H32N2O2. The molecule has 2 amide bonds. The summed E-state index contributed by atoms with van der Waals surface area (Å²) in [6.07, 6.45) is 11.0. The largest absolute Gasteiger partial charge is 0.369 e. The van der Waals surface area contributed by atoms with Crippen molar-refractivity contribution in [1.82, 2.24) is 0 Å². The number of carbonyl (C=O) groups excluding carboxylic acids is 2. The molecule has 0 bridgehead atoms. The lowest BCUT2D eigenvalue weighted by Crippen LogP contribution is -2.33. The van der Waals surface area contributed by atoms with E-state index in [4.69, 9.17) is 11.5 Å². The molecule has 2 unspecified atom stereocenters. The Morgan fingerprint density at radius 3 is 2.05 bits per heavy atom. The van der Waals surface area contributed by atoms with Crippen LogP contribution in [0, 0.1) is 29.6 Å². The summed E-state index contributed by atoms with van der Waals surface area (Å²) >= 11 is 0. The first-order chi connectivity index (χ1) is 10.5. The number of amides is 2. The summed E-state index contributed by atoms with van der Waals surface area (Å²) in [6.45, 7) is 2.21. The van der Waals surface area contributed by atoms with Crippen LogP contribution < -0.4 is 11.5 Å². The molecule has 0 saturated heterocycles. The van der Waals surface area contributed by atoms with Crippen molar-refractivity contribution in [3.8, 4) is 0 Å². The average Bonchev–Trinajstić information content (AvgIpc) is 2.52. The molecule has 2 rings (SSSR count). The molecule has 126 valence electrons. The van der Waals surface area contributed by atoms with Gasteiger partial charge in [0.25, 0.3) is 0 Å². The molecule has 0 aliphatic heterocycles. The van der Waals surface area contributed by atoms with E-state index in [0.29, 0.717) is 17.8 Å². The lowest BCUT2D eigenvalue weighted by molar-refractivity contribution is -0.124. The Bertz CT molecular complexity index is 397. The van der Waals surface area contributed by atoms with Crippen molar-refractivity contribution in [3.63, 3.8) is 0 Å². The first kappa shape index (κ1) is 17.3. The predicted octanol–water partition coefficient (Wildman–Crippen LogP) is 2.99. The third-order valence-corrected chi connectivity index (χ3v) is 6.05. The van der Waals surface area contributed by atoms with E-state index in [1.54, 1.807) is 0 Å². The van der Waals surface area contributed by atoms with Crippen LogP contribution >= 0.6 is 0 Å². The molecular weight excluding hydrogens is 276 g/mol. The van der Waals surface area contributed by atoms with Gasteiger partial charge in [0.15, 0.2) is 0 Å². The Balaban J connectivity index is 1.82. The molecule has 2 fully saturated rings. The second-order valence-corrected chi connectivity index (χ2v) is 7.66. The van der Waals surface area contributed by atoms with E-state index >= 15 is 0 Å². The van der Waals surface area contributed by atoms with Crippen LogP contribution in [0.3, 0.4) is 0 Å². The van der Waals surface area contributed by atoms with Crippen molar-refractivity contribution >= 4 is 11.8 Å². The quantitative estimate of drug-likeness (QED) is 0.790. The highest BCUT2D eigenvalue weighted by Crippen LogP contribution is 2.39. The molecule has 4 N–H and O–H groups in total. The lowest BCUT2D eigenvalue weighted by atomic mass is 9.71. The van der Waals surface area contributed by atoms with Gasteiger partial charge in [0.1, 0.15) is 0 Å². The standard InChI is InChI=1S/C18H32N2O2/c1-2-12-8-14(11-16(9-12)18(20)22)7-6-13-4-3-5-15(10-13)17(19)21/h12-16H,2-11H2,1H3,(H2,19,21)(H2,20,22)/t12-,13+,14?,15?,16-/m1/s1. The molecule has 0 aromatic heterocycles. The Morgan fingerprint density at radius 1 is 0.818 bits per heavy atom. The van der Waals surface area contributed by atoms with Gasteiger partial charge in [-0.1, -0.05) is 39.0 Å². The van der Waals surface area contributed by atoms with E-state index in [-0.39, 0.29) is 23.7 Å². The average molecular weight is 308 g/mol. The molecule has 2 aliphatic rings. The van der Waals surface area contributed by atoms with Crippen LogP contribution in [0.5, 0.6) is 0 Å². The predicted molar refractivity (Wildman–Crippen MR) is 87.7 cm³/mol. The molecule has 0 radical (unpaired) electrons. The highest BCUT2D eigenvalue weighted by Gasteiger charge is 2.32. The maximum absolute atomic E-state index is 11.6. The minimum atomic E-state index is -0.123. The second-order valence-electron chi connectivity index (χ2n) is 7.66. The van der Waals surface area contributed by atoms with Crippen LogP contribution in [0.25, 0.3) is 0 Å². The molecule has 0 aromatic carbocycles. The van der Waals surface area contributed by atoms with E-state index in [2.05, 4.69) is 6.92 Å². The smallest absolute Gasteiger partial charge is 0.220 e. The fraction of sp³-hybridized carbons (Fsp3) is 0.889. The fourth-order valence-corrected chi connectivity index (χ4v) is 4.65. The summed E-state index contributed by atoms with van der Waals surface area (Å²) in [5.41, 5.74) is 11.0. The van der Waals surface area contributed by atoms with Crippen LogP contribution in [0.15, 0.2) is 0 Å². The Hall–Kier alpha value is -1.06. The summed E-state index contributed by atoms with van der Waals surface area (Å²) in [4.78, 5) is 22.9. The van der Waals surface area contributed by atoms with Crippen molar-refractivity contribution in [2.24, 2.45) is 41.1 Å². The van der Waals surface area contributed by atoms with Crippen molar-refractivity contribution < 1.29 is 9.59 Å². The zero-order chi connectivity index (χ0) is 16.1. The first-order valence-corrected chi connectivity index (χ1v) is 9.08. The normalized spacial score (nSPS) is 36.0. The molecule has 4 heteroatoms. The van der Waals surface area contributed by atoms with Gasteiger partial charge in [-0.25, -0.2) is 0 Å². The number of carbonyl (C=O) groups is 2. The van der Waals surface area contributed by atoms with E-state index in [1.165, 1.54) is 25.7 Å². The van der Waals surface area contributed by atoms with Crippen LogP contribution in [-0.2, 0) is 9.59 Å². The lowest BCUT2D eigenvalue weighted by Gasteiger charge is -2.34. The van der Waals surface area contributed by atoms with Crippen LogP contribution in [0.1, 0.15) is 71.1 Å². The summed E-state index contributed by atoms with van der Waals surface area (Å²) in [6, 6.07) is 0. The molecule has 2 saturated carbocycles. The molecule has 4 nitrogen and oxygen atoms in total. The minimum absolute atomic E-state index is 0.0772. The van der Waals surface area contributed by atoms with Gasteiger partial charge < -0.3 is 11.5 Å². The summed E-state index contributed by atoms with van der Waals surface area (Å²) in [7, 11) is 0. The number of hydrogen-bond acceptors (Lipinski definition) is 2. The summed E-state index contributed by atoms with van der Waals surface area (Å²) in [5, 5.41) is 0. The zero-order valence-electron chi connectivity index (χ0n) is 13.9. The highest BCUT2D eigenvalue weighted by molar-refractivity contribution is 5.77. The summed E-state index contributed by atoms with van der Waals surface area (Å²) < 4.78 is 0. The summed E-state index contributed by atoms with van der Waals surface area (Å²) in [5.74, 6) is 1.85. The number of rotatable bonds is 6.